The summed E-state index contributed by atoms with van der Waals surface area (Å²) in [4.78, 5) is 13.8. The highest BCUT2D eigenvalue weighted by molar-refractivity contribution is 5.60. The van der Waals surface area contributed by atoms with Crippen molar-refractivity contribution in [2.75, 3.05) is 39.5 Å². The number of rotatable bonds is 4. The van der Waals surface area contributed by atoms with Crippen molar-refractivity contribution >= 4 is 6.29 Å². The Morgan fingerprint density at radius 1 is 1.35 bits per heavy atom. The number of nitrogens with zero attached hydrogens (tertiary/aromatic N) is 1. The molecule has 0 aromatic carbocycles. The minimum Gasteiger partial charge on any atom is -0.381 e. The van der Waals surface area contributed by atoms with Crippen LogP contribution >= 0.6 is 0 Å². The van der Waals surface area contributed by atoms with Gasteiger partial charge in [0.15, 0.2) is 0 Å². The van der Waals surface area contributed by atoms with E-state index in [4.69, 9.17) is 9.47 Å². The summed E-state index contributed by atoms with van der Waals surface area (Å²) >= 11 is 0. The van der Waals surface area contributed by atoms with Crippen LogP contribution in [-0.2, 0) is 14.3 Å². The van der Waals surface area contributed by atoms with E-state index >= 15 is 0 Å². The Kier molecular flexibility index (Phi) is 4.54. The summed E-state index contributed by atoms with van der Waals surface area (Å²) in [6, 6.07) is 0. The third kappa shape index (κ3) is 3.27. The molecule has 98 valence electrons. The van der Waals surface area contributed by atoms with Crippen LogP contribution in [0.5, 0.6) is 0 Å². The van der Waals surface area contributed by atoms with Crippen molar-refractivity contribution in [2.24, 2.45) is 5.41 Å². The first-order chi connectivity index (χ1) is 8.28. The third-order valence-corrected chi connectivity index (χ3v) is 3.96. The molecule has 2 saturated heterocycles. The van der Waals surface area contributed by atoms with Crippen molar-refractivity contribution < 1.29 is 14.3 Å². The Morgan fingerprint density at radius 3 is 2.76 bits per heavy atom. The van der Waals surface area contributed by atoms with Gasteiger partial charge in [0.2, 0.25) is 0 Å². The van der Waals surface area contributed by atoms with E-state index in [1.165, 1.54) is 0 Å². The van der Waals surface area contributed by atoms with Gasteiger partial charge in [-0.25, -0.2) is 0 Å². The maximum Gasteiger partial charge on any atom is 0.127 e. The van der Waals surface area contributed by atoms with E-state index in [-0.39, 0.29) is 5.41 Å². The molecule has 0 aromatic heterocycles. The Labute approximate surface area is 103 Å². The molecule has 0 aromatic rings. The Bertz CT molecular complexity index is 251. The number of ether oxygens (including phenoxy) is 2. The van der Waals surface area contributed by atoms with Crippen LogP contribution in [0.25, 0.3) is 0 Å². The van der Waals surface area contributed by atoms with Gasteiger partial charge in [0.25, 0.3) is 0 Å². The van der Waals surface area contributed by atoms with Crippen LogP contribution in [0.15, 0.2) is 0 Å². The van der Waals surface area contributed by atoms with E-state index < -0.39 is 0 Å². The number of carbonyl (C=O) groups is 1. The average molecular weight is 241 g/mol. The number of morpholine rings is 1. The molecule has 0 saturated carbocycles. The first-order valence-corrected chi connectivity index (χ1v) is 6.66. The van der Waals surface area contributed by atoms with Crippen LogP contribution in [0.2, 0.25) is 0 Å². The molecule has 17 heavy (non-hydrogen) atoms. The fourth-order valence-corrected chi connectivity index (χ4v) is 2.71. The van der Waals surface area contributed by atoms with Gasteiger partial charge in [0.05, 0.1) is 12.7 Å². The zero-order valence-corrected chi connectivity index (χ0v) is 10.7. The van der Waals surface area contributed by atoms with Crippen LogP contribution in [0.3, 0.4) is 0 Å². The van der Waals surface area contributed by atoms with Crippen molar-refractivity contribution in [3.05, 3.63) is 0 Å². The van der Waals surface area contributed by atoms with Crippen molar-refractivity contribution in [2.45, 2.75) is 32.3 Å². The maximum atomic E-state index is 11.4. The standard InChI is InChI=1S/C13H23NO3/c1-2-12-9-14(5-8-17-12)10-13(11-15)3-6-16-7-4-13/h11-12H,2-10H2,1H3. The number of hydrogen-bond acceptors (Lipinski definition) is 4. The van der Waals surface area contributed by atoms with E-state index in [1.54, 1.807) is 0 Å². The summed E-state index contributed by atoms with van der Waals surface area (Å²) in [5.74, 6) is 0. The van der Waals surface area contributed by atoms with Gasteiger partial charge in [-0.3, -0.25) is 4.90 Å². The normalized spacial score (nSPS) is 30.1. The summed E-state index contributed by atoms with van der Waals surface area (Å²) in [6.45, 7) is 7.18. The van der Waals surface area contributed by atoms with Crippen LogP contribution in [0.1, 0.15) is 26.2 Å². The zero-order valence-electron chi connectivity index (χ0n) is 10.7. The second kappa shape index (κ2) is 5.94. The minimum absolute atomic E-state index is 0.173. The smallest absolute Gasteiger partial charge is 0.127 e. The fraction of sp³-hybridized carbons (Fsp3) is 0.923. The van der Waals surface area contributed by atoms with Crippen molar-refractivity contribution in [3.63, 3.8) is 0 Å². The van der Waals surface area contributed by atoms with Crippen LogP contribution in [0, 0.1) is 5.41 Å². The Morgan fingerprint density at radius 2 is 2.12 bits per heavy atom. The minimum atomic E-state index is -0.173. The number of hydrogen-bond donors (Lipinski definition) is 0. The SMILES string of the molecule is CCC1CN(CC2(C=O)CCOCC2)CCO1. The molecular weight excluding hydrogens is 218 g/mol. The van der Waals surface area contributed by atoms with Crippen molar-refractivity contribution in [1.82, 2.24) is 4.90 Å². The molecule has 2 fully saturated rings. The molecule has 1 atom stereocenters. The molecule has 0 radical (unpaired) electrons. The fourth-order valence-electron chi connectivity index (χ4n) is 2.71. The maximum absolute atomic E-state index is 11.4. The molecule has 0 N–H and O–H groups in total. The lowest BCUT2D eigenvalue weighted by atomic mass is 9.81. The van der Waals surface area contributed by atoms with Crippen LogP contribution in [-0.4, -0.2) is 56.7 Å². The first-order valence-electron chi connectivity index (χ1n) is 6.66. The van der Waals surface area contributed by atoms with Gasteiger partial charge < -0.3 is 14.3 Å². The highest BCUT2D eigenvalue weighted by Gasteiger charge is 2.35. The quantitative estimate of drug-likeness (QED) is 0.691. The highest BCUT2D eigenvalue weighted by atomic mass is 16.5. The second-order valence-electron chi connectivity index (χ2n) is 5.23. The molecule has 2 heterocycles. The zero-order chi connectivity index (χ0) is 12.1. The molecule has 1 unspecified atom stereocenters. The lowest BCUT2D eigenvalue weighted by molar-refractivity contribution is -0.125. The molecule has 2 aliphatic rings. The first kappa shape index (κ1) is 13.0. The molecule has 4 heteroatoms. The Balaban J connectivity index is 1.91. The van der Waals surface area contributed by atoms with E-state index in [2.05, 4.69) is 11.8 Å². The largest absolute Gasteiger partial charge is 0.381 e. The van der Waals surface area contributed by atoms with Gasteiger partial charge in [-0.15, -0.1) is 0 Å². The second-order valence-corrected chi connectivity index (χ2v) is 5.23. The van der Waals surface area contributed by atoms with Gasteiger partial charge in [0, 0.05) is 38.3 Å². The summed E-state index contributed by atoms with van der Waals surface area (Å²) in [7, 11) is 0. The molecule has 2 aliphatic heterocycles. The summed E-state index contributed by atoms with van der Waals surface area (Å²) in [6.07, 6.45) is 4.28. The van der Waals surface area contributed by atoms with Gasteiger partial charge in [-0.2, -0.15) is 0 Å². The van der Waals surface area contributed by atoms with Crippen LogP contribution in [0.4, 0.5) is 0 Å². The summed E-state index contributed by atoms with van der Waals surface area (Å²) in [5.41, 5.74) is -0.173. The molecule has 0 amide bonds. The van der Waals surface area contributed by atoms with Gasteiger partial charge in [-0.1, -0.05) is 6.92 Å². The monoisotopic (exact) mass is 241 g/mol. The van der Waals surface area contributed by atoms with E-state index in [1.807, 2.05) is 0 Å². The predicted molar refractivity (Wildman–Crippen MR) is 65.0 cm³/mol. The summed E-state index contributed by atoms with van der Waals surface area (Å²) < 4.78 is 11.0. The molecule has 0 bridgehead atoms. The third-order valence-electron chi connectivity index (χ3n) is 3.96. The lowest BCUT2D eigenvalue weighted by Crippen LogP contribution is -2.49. The number of carbonyl (C=O) groups excluding carboxylic acids is 1. The molecule has 4 nitrogen and oxygen atoms in total. The molecular formula is C13H23NO3. The van der Waals surface area contributed by atoms with Gasteiger partial charge >= 0.3 is 0 Å². The average Bonchev–Trinajstić information content (AvgIpc) is 2.40. The van der Waals surface area contributed by atoms with Crippen molar-refractivity contribution in [3.8, 4) is 0 Å². The number of aldehydes is 1. The topological polar surface area (TPSA) is 38.8 Å². The highest BCUT2D eigenvalue weighted by Crippen LogP contribution is 2.29. The molecule has 0 aliphatic carbocycles. The van der Waals surface area contributed by atoms with Gasteiger partial charge in [-0.05, 0) is 19.3 Å². The van der Waals surface area contributed by atoms with Crippen LogP contribution < -0.4 is 0 Å². The van der Waals surface area contributed by atoms with E-state index in [0.29, 0.717) is 6.10 Å². The van der Waals surface area contributed by atoms with Gasteiger partial charge in [0.1, 0.15) is 6.29 Å². The lowest BCUT2D eigenvalue weighted by Gasteiger charge is -2.40. The molecule has 0 spiro atoms. The molecule has 2 rings (SSSR count). The Hall–Kier alpha value is -0.450. The predicted octanol–water partition coefficient (Wildman–Crippen LogP) is 1.09. The van der Waals surface area contributed by atoms with Crippen molar-refractivity contribution in [1.29, 1.82) is 0 Å². The summed E-state index contributed by atoms with van der Waals surface area (Å²) in [5, 5.41) is 0. The van der Waals surface area contributed by atoms with E-state index in [0.717, 1.165) is 65.0 Å². The van der Waals surface area contributed by atoms with E-state index in [9.17, 15) is 4.79 Å².